The van der Waals surface area contributed by atoms with Crippen molar-refractivity contribution in [2.75, 3.05) is 18.1 Å². The van der Waals surface area contributed by atoms with Gasteiger partial charge in [0.1, 0.15) is 6.54 Å². The van der Waals surface area contributed by atoms with E-state index < -0.39 is 9.84 Å². The van der Waals surface area contributed by atoms with E-state index in [0.717, 1.165) is 10.9 Å². The zero-order chi connectivity index (χ0) is 15.7. The van der Waals surface area contributed by atoms with Crippen LogP contribution in [0.2, 0.25) is 0 Å². The molecule has 0 bridgehead atoms. The Bertz CT molecular complexity index is 797. The van der Waals surface area contributed by atoms with Gasteiger partial charge in [-0.2, -0.15) is 5.10 Å². The Morgan fingerprint density at radius 3 is 2.86 bits per heavy atom. The minimum atomic E-state index is -3.00. The number of fused-ring (bicyclic) bond motifs is 1. The molecule has 0 radical (unpaired) electrons. The lowest BCUT2D eigenvalue weighted by atomic mass is 10.2. The van der Waals surface area contributed by atoms with E-state index in [-0.39, 0.29) is 30.0 Å². The molecule has 2 aromatic rings. The summed E-state index contributed by atoms with van der Waals surface area (Å²) in [5.74, 6) is 0.164. The Hall–Kier alpha value is -1.89. The van der Waals surface area contributed by atoms with Gasteiger partial charge in [0, 0.05) is 18.0 Å². The van der Waals surface area contributed by atoms with Crippen molar-refractivity contribution in [3.8, 4) is 0 Å². The highest BCUT2D eigenvalue weighted by Gasteiger charge is 2.33. The third kappa shape index (κ3) is 2.85. The number of hydrogen-bond donors (Lipinski definition) is 0. The fourth-order valence-electron chi connectivity index (χ4n) is 3.03. The Kier molecular flexibility index (Phi) is 3.90. The van der Waals surface area contributed by atoms with E-state index >= 15 is 0 Å². The molecule has 0 saturated carbocycles. The number of likely N-dealkylation sites (N-methyl/N-ethyl adjacent to an activating group) is 1. The Morgan fingerprint density at radius 2 is 2.18 bits per heavy atom. The molecule has 0 aliphatic carbocycles. The van der Waals surface area contributed by atoms with Crippen LogP contribution in [0.25, 0.3) is 10.9 Å². The summed E-state index contributed by atoms with van der Waals surface area (Å²) in [6.45, 7) is 2.53. The maximum atomic E-state index is 12.6. The minimum Gasteiger partial charge on any atom is -0.337 e. The van der Waals surface area contributed by atoms with Gasteiger partial charge in [0.25, 0.3) is 0 Å². The largest absolute Gasteiger partial charge is 0.337 e. The molecule has 1 aromatic heterocycles. The SMILES string of the molecule is CCN(C(=O)Cn1ncc2ccccc21)C1CCS(=O)(=O)C1. The van der Waals surface area contributed by atoms with Crippen LogP contribution in [0.3, 0.4) is 0 Å². The van der Waals surface area contributed by atoms with Gasteiger partial charge in [0.2, 0.25) is 5.91 Å². The topological polar surface area (TPSA) is 72.3 Å². The third-order valence-corrected chi connectivity index (χ3v) is 5.90. The predicted octanol–water partition coefficient (Wildman–Crippen LogP) is 1.07. The Morgan fingerprint density at radius 1 is 1.41 bits per heavy atom. The lowest BCUT2D eigenvalue weighted by Crippen LogP contribution is -2.42. The average Bonchev–Trinajstić information content (AvgIpc) is 3.04. The zero-order valence-electron chi connectivity index (χ0n) is 12.5. The van der Waals surface area contributed by atoms with Crippen LogP contribution in [0.5, 0.6) is 0 Å². The second-order valence-corrected chi connectivity index (χ2v) is 7.83. The van der Waals surface area contributed by atoms with Gasteiger partial charge in [0.05, 0.1) is 23.2 Å². The summed E-state index contributed by atoms with van der Waals surface area (Å²) in [5, 5.41) is 5.25. The quantitative estimate of drug-likeness (QED) is 0.844. The van der Waals surface area contributed by atoms with Gasteiger partial charge in [0.15, 0.2) is 9.84 Å². The fourth-order valence-corrected chi connectivity index (χ4v) is 4.76. The van der Waals surface area contributed by atoms with Crippen LogP contribution >= 0.6 is 0 Å². The van der Waals surface area contributed by atoms with E-state index in [1.54, 1.807) is 15.8 Å². The monoisotopic (exact) mass is 321 g/mol. The summed E-state index contributed by atoms with van der Waals surface area (Å²) in [5.41, 5.74) is 0.908. The number of para-hydroxylation sites is 1. The van der Waals surface area contributed by atoms with E-state index in [9.17, 15) is 13.2 Å². The van der Waals surface area contributed by atoms with E-state index in [1.807, 2.05) is 31.2 Å². The second-order valence-electron chi connectivity index (χ2n) is 5.60. The molecule has 6 nitrogen and oxygen atoms in total. The summed E-state index contributed by atoms with van der Waals surface area (Å²) in [4.78, 5) is 14.2. The summed E-state index contributed by atoms with van der Waals surface area (Å²) in [6.07, 6.45) is 2.26. The Balaban J connectivity index is 1.78. The van der Waals surface area contributed by atoms with E-state index in [0.29, 0.717) is 13.0 Å². The number of nitrogens with zero attached hydrogens (tertiary/aromatic N) is 3. The van der Waals surface area contributed by atoms with Crippen LogP contribution < -0.4 is 0 Å². The van der Waals surface area contributed by atoms with Gasteiger partial charge in [-0.1, -0.05) is 18.2 Å². The van der Waals surface area contributed by atoms with Crippen molar-refractivity contribution >= 4 is 26.6 Å². The zero-order valence-corrected chi connectivity index (χ0v) is 13.3. The molecular formula is C15H19N3O3S. The maximum Gasteiger partial charge on any atom is 0.244 e. The molecule has 1 atom stereocenters. The summed E-state index contributed by atoms with van der Waals surface area (Å²) >= 11 is 0. The van der Waals surface area contributed by atoms with Gasteiger partial charge in [-0.3, -0.25) is 9.48 Å². The number of benzene rings is 1. The predicted molar refractivity (Wildman–Crippen MR) is 84.2 cm³/mol. The van der Waals surface area contributed by atoms with E-state index in [2.05, 4.69) is 5.10 Å². The molecule has 1 saturated heterocycles. The lowest BCUT2D eigenvalue weighted by Gasteiger charge is -2.26. The Labute approximate surface area is 129 Å². The lowest BCUT2D eigenvalue weighted by molar-refractivity contribution is -0.133. The summed E-state index contributed by atoms with van der Waals surface area (Å²) < 4.78 is 24.9. The fraction of sp³-hybridized carbons (Fsp3) is 0.467. The van der Waals surface area contributed by atoms with Crippen molar-refractivity contribution in [2.45, 2.75) is 25.9 Å². The standard InChI is InChI=1S/C15H19N3O3S/c1-2-17(13-7-8-22(20,21)11-13)15(19)10-18-14-6-4-3-5-12(14)9-16-18/h3-6,9,13H,2,7-8,10-11H2,1H3. The van der Waals surface area contributed by atoms with Crippen molar-refractivity contribution in [3.05, 3.63) is 30.5 Å². The second kappa shape index (κ2) is 5.72. The number of carbonyl (C=O) groups is 1. The third-order valence-electron chi connectivity index (χ3n) is 4.15. The highest BCUT2D eigenvalue weighted by molar-refractivity contribution is 7.91. The summed E-state index contributed by atoms with van der Waals surface area (Å²) in [7, 11) is -3.00. The van der Waals surface area contributed by atoms with Gasteiger partial charge >= 0.3 is 0 Å². The molecular weight excluding hydrogens is 302 g/mol. The smallest absolute Gasteiger partial charge is 0.244 e. The van der Waals surface area contributed by atoms with Crippen LogP contribution in [0, 0.1) is 0 Å². The average molecular weight is 321 g/mol. The van der Waals surface area contributed by atoms with Crippen LogP contribution in [-0.2, 0) is 21.2 Å². The molecule has 1 aromatic carbocycles. The van der Waals surface area contributed by atoms with Gasteiger partial charge in [-0.25, -0.2) is 8.42 Å². The van der Waals surface area contributed by atoms with Crippen molar-refractivity contribution in [1.82, 2.24) is 14.7 Å². The number of amides is 1. The summed E-state index contributed by atoms with van der Waals surface area (Å²) in [6, 6.07) is 7.50. The number of aromatic nitrogens is 2. The molecule has 0 N–H and O–H groups in total. The molecule has 118 valence electrons. The van der Waals surface area contributed by atoms with E-state index in [4.69, 9.17) is 0 Å². The number of hydrogen-bond acceptors (Lipinski definition) is 4. The highest BCUT2D eigenvalue weighted by Crippen LogP contribution is 2.19. The van der Waals surface area contributed by atoms with E-state index in [1.165, 1.54) is 0 Å². The minimum absolute atomic E-state index is 0.0758. The van der Waals surface area contributed by atoms with Crippen molar-refractivity contribution in [1.29, 1.82) is 0 Å². The van der Waals surface area contributed by atoms with Crippen LogP contribution in [0.4, 0.5) is 0 Å². The van der Waals surface area contributed by atoms with Crippen molar-refractivity contribution in [2.24, 2.45) is 0 Å². The molecule has 1 amide bonds. The molecule has 3 rings (SSSR count). The van der Waals surface area contributed by atoms with Gasteiger partial charge in [-0.05, 0) is 19.4 Å². The molecule has 22 heavy (non-hydrogen) atoms. The molecule has 1 unspecified atom stereocenters. The molecule has 1 fully saturated rings. The van der Waals surface area contributed by atoms with Crippen molar-refractivity contribution in [3.63, 3.8) is 0 Å². The molecule has 2 heterocycles. The molecule has 7 heteroatoms. The maximum absolute atomic E-state index is 12.6. The van der Waals surface area contributed by atoms with Crippen LogP contribution in [0.15, 0.2) is 30.5 Å². The van der Waals surface area contributed by atoms with Crippen LogP contribution in [0.1, 0.15) is 13.3 Å². The van der Waals surface area contributed by atoms with Crippen molar-refractivity contribution < 1.29 is 13.2 Å². The number of carbonyl (C=O) groups excluding carboxylic acids is 1. The first kappa shape index (κ1) is 15.0. The van der Waals surface area contributed by atoms with Crippen LogP contribution in [-0.4, -0.2) is 53.1 Å². The number of rotatable bonds is 4. The van der Waals surface area contributed by atoms with Gasteiger partial charge in [-0.15, -0.1) is 0 Å². The molecule has 1 aliphatic rings. The molecule has 0 spiro atoms. The van der Waals surface area contributed by atoms with Gasteiger partial charge < -0.3 is 4.90 Å². The first-order valence-corrected chi connectivity index (χ1v) is 9.23. The number of sulfone groups is 1. The first-order valence-electron chi connectivity index (χ1n) is 7.40. The highest BCUT2D eigenvalue weighted by atomic mass is 32.2. The molecule has 1 aliphatic heterocycles. The first-order chi connectivity index (χ1) is 10.5. The normalized spacial score (nSPS) is 20.3.